The van der Waals surface area contributed by atoms with Crippen molar-refractivity contribution in [3.05, 3.63) is 231 Å². The Morgan fingerprint density at radius 1 is 0.219 bits per heavy atom. The highest BCUT2D eigenvalue weighted by molar-refractivity contribution is 6.31. The predicted octanol–water partition coefficient (Wildman–Crippen LogP) is 16.9. The highest BCUT2D eigenvalue weighted by Gasteiger charge is 2.24. The number of hydrogen-bond donors (Lipinski definition) is 0. The molecular formula is C62H38N2. The Morgan fingerprint density at radius 3 is 1.42 bits per heavy atom. The third kappa shape index (κ3) is 5.66. The zero-order valence-electron chi connectivity index (χ0n) is 34.8. The lowest BCUT2D eigenvalue weighted by Gasteiger charge is -2.23. The first-order valence-corrected chi connectivity index (χ1v) is 22.0. The van der Waals surface area contributed by atoms with Gasteiger partial charge < -0.3 is 0 Å². The minimum absolute atomic E-state index is 0.972. The highest BCUT2D eigenvalue weighted by Crippen LogP contribution is 2.52. The van der Waals surface area contributed by atoms with E-state index in [4.69, 9.17) is 9.97 Å². The first-order chi connectivity index (χ1) is 31.8. The maximum absolute atomic E-state index is 4.89. The molecule has 2 nitrogen and oxygen atoms in total. The van der Waals surface area contributed by atoms with Crippen LogP contribution in [0.3, 0.4) is 0 Å². The topological polar surface area (TPSA) is 25.8 Å². The second-order valence-corrected chi connectivity index (χ2v) is 16.8. The Balaban J connectivity index is 1.29. The van der Waals surface area contributed by atoms with Crippen molar-refractivity contribution in [1.29, 1.82) is 0 Å². The summed E-state index contributed by atoms with van der Waals surface area (Å²) < 4.78 is 0. The van der Waals surface area contributed by atoms with Gasteiger partial charge in [-0.2, -0.15) is 0 Å². The van der Waals surface area contributed by atoms with Crippen molar-refractivity contribution in [1.82, 2.24) is 9.97 Å². The molecule has 0 radical (unpaired) electrons. The first-order valence-electron chi connectivity index (χ1n) is 22.0. The van der Waals surface area contributed by atoms with E-state index >= 15 is 0 Å². The molecule has 0 aliphatic rings. The third-order valence-electron chi connectivity index (χ3n) is 13.3. The minimum Gasteiger partial charge on any atom is -0.256 e. The molecule has 0 unspecified atom stereocenters. The Labute approximate surface area is 370 Å². The highest BCUT2D eigenvalue weighted by atomic mass is 14.6. The van der Waals surface area contributed by atoms with Crippen LogP contribution >= 0.6 is 0 Å². The van der Waals surface area contributed by atoms with Crippen molar-refractivity contribution in [3.63, 3.8) is 0 Å². The zero-order valence-corrected chi connectivity index (χ0v) is 34.8. The van der Waals surface area contributed by atoms with Crippen LogP contribution in [-0.4, -0.2) is 9.97 Å². The molecule has 13 rings (SSSR count). The van der Waals surface area contributed by atoms with E-state index in [0.29, 0.717) is 0 Å². The van der Waals surface area contributed by atoms with Gasteiger partial charge in [-0.05, 0) is 158 Å². The Hall–Kier alpha value is -8.46. The van der Waals surface area contributed by atoms with Crippen molar-refractivity contribution < 1.29 is 0 Å². The van der Waals surface area contributed by atoms with Gasteiger partial charge in [-0.1, -0.05) is 170 Å². The lowest BCUT2D eigenvalue weighted by atomic mass is 9.80. The van der Waals surface area contributed by atoms with E-state index < -0.39 is 0 Å². The quantitative estimate of drug-likeness (QED) is 0.128. The summed E-state index contributed by atoms with van der Waals surface area (Å²) in [7, 11) is 0. The van der Waals surface area contributed by atoms with E-state index in [1.54, 1.807) is 0 Å². The molecular weight excluding hydrogens is 773 g/mol. The second-order valence-electron chi connectivity index (χ2n) is 16.8. The fourth-order valence-corrected chi connectivity index (χ4v) is 10.5. The third-order valence-corrected chi connectivity index (χ3v) is 13.3. The molecule has 0 aliphatic carbocycles. The maximum Gasteiger partial charge on any atom is 0.0708 e. The lowest BCUT2D eigenvalue weighted by molar-refractivity contribution is 1.41. The number of benzene rings is 11. The molecule has 13 aromatic rings. The molecule has 296 valence electrons. The SMILES string of the molecule is c1ccc(-c2ccc3c(-c4cccc5ncccc45)c4cc5c(cc4c(-c4cccc6ncccc46)c3c2)c(-c2ccccc2)c(-c2ccc3ccccc3c2)c2ccccc25)cc1. The summed E-state index contributed by atoms with van der Waals surface area (Å²) in [5.41, 5.74) is 13.9. The normalized spacial score (nSPS) is 11.8. The van der Waals surface area contributed by atoms with Crippen LogP contribution in [0.2, 0.25) is 0 Å². The van der Waals surface area contributed by atoms with E-state index in [9.17, 15) is 0 Å². The largest absolute Gasteiger partial charge is 0.256 e. The summed E-state index contributed by atoms with van der Waals surface area (Å²) >= 11 is 0. The standard InChI is InChI=1S/C62H38N2/c1-3-15-39(16-4-1)43-31-32-51-53(36-43)62(50-24-12-28-58-47(50)26-14-34-64-58)56-38-54-52(37-55(56)61(51)49-23-11-27-57-46(49)25-13-33-63-57)45-21-9-10-22-48(45)60(59(54)41-18-5-2-6-19-41)44-30-29-40-17-7-8-20-42(40)35-44/h1-38H. The summed E-state index contributed by atoms with van der Waals surface area (Å²) in [4.78, 5) is 9.76. The summed E-state index contributed by atoms with van der Waals surface area (Å²) in [6.45, 7) is 0. The van der Waals surface area contributed by atoms with E-state index in [1.165, 1.54) is 104 Å². The lowest BCUT2D eigenvalue weighted by Crippen LogP contribution is -1.96. The molecule has 64 heavy (non-hydrogen) atoms. The van der Waals surface area contributed by atoms with Gasteiger partial charge >= 0.3 is 0 Å². The molecule has 2 aromatic heterocycles. The molecule has 0 saturated heterocycles. The molecule has 0 N–H and O–H groups in total. The average molecular weight is 811 g/mol. The molecule has 0 amide bonds. The van der Waals surface area contributed by atoms with Crippen LogP contribution in [0.5, 0.6) is 0 Å². The van der Waals surface area contributed by atoms with Gasteiger partial charge in [0.25, 0.3) is 0 Å². The molecule has 0 saturated carbocycles. The maximum atomic E-state index is 4.89. The molecule has 0 bridgehead atoms. The molecule has 2 heteroatoms. The van der Waals surface area contributed by atoms with Gasteiger partial charge in [0.15, 0.2) is 0 Å². The van der Waals surface area contributed by atoms with Gasteiger partial charge in [0, 0.05) is 23.2 Å². The van der Waals surface area contributed by atoms with Crippen LogP contribution < -0.4 is 0 Å². The van der Waals surface area contributed by atoms with Crippen molar-refractivity contribution in [2.75, 3.05) is 0 Å². The summed E-state index contributed by atoms with van der Waals surface area (Å²) in [6, 6.07) is 80.2. The van der Waals surface area contributed by atoms with E-state index in [-0.39, 0.29) is 0 Å². The van der Waals surface area contributed by atoms with Crippen LogP contribution in [-0.2, 0) is 0 Å². The van der Waals surface area contributed by atoms with E-state index in [2.05, 4.69) is 218 Å². The number of pyridine rings is 2. The summed E-state index contributed by atoms with van der Waals surface area (Å²) in [6.07, 6.45) is 3.79. The van der Waals surface area contributed by atoms with Gasteiger partial charge in [0.2, 0.25) is 0 Å². The first kappa shape index (κ1) is 36.2. The predicted molar refractivity (Wildman–Crippen MR) is 272 cm³/mol. The zero-order chi connectivity index (χ0) is 42.1. The van der Waals surface area contributed by atoms with Crippen LogP contribution in [0, 0.1) is 0 Å². The van der Waals surface area contributed by atoms with Gasteiger partial charge in [0.05, 0.1) is 11.0 Å². The van der Waals surface area contributed by atoms with Crippen LogP contribution in [0.15, 0.2) is 231 Å². The van der Waals surface area contributed by atoms with Crippen LogP contribution in [0.4, 0.5) is 0 Å². The Kier molecular flexibility index (Phi) is 8.25. The Morgan fingerprint density at radius 2 is 0.719 bits per heavy atom. The number of rotatable bonds is 5. The summed E-state index contributed by atoms with van der Waals surface area (Å²) in [5, 5.41) is 14.4. The second kappa shape index (κ2) is 14.6. The van der Waals surface area contributed by atoms with E-state index in [1.807, 2.05) is 12.4 Å². The van der Waals surface area contributed by atoms with Crippen molar-refractivity contribution in [2.45, 2.75) is 0 Å². The number of fused-ring (bicyclic) bond motifs is 8. The smallest absolute Gasteiger partial charge is 0.0708 e. The monoisotopic (exact) mass is 810 g/mol. The van der Waals surface area contributed by atoms with Gasteiger partial charge in [0.1, 0.15) is 0 Å². The molecule has 0 fully saturated rings. The molecule has 0 atom stereocenters. The van der Waals surface area contributed by atoms with Gasteiger partial charge in [-0.3, -0.25) is 9.97 Å². The van der Waals surface area contributed by atoms with Crippen molar-refractivity contribution in [2.24, 2.45) is 0 Å². The van der Waals surface area contributed by atoms with Crippen molar-refractivity contribution >= 4 is 75.7 Å². The fourth-order valence-electron chi connectivity index (χ4n) is 10.5. The fraction of sp³-hybridized carbons (Fsp3) is 0. The van der Waals surface area contributed by atoms with Gasteiger partial charge in [-0.15, -0.1) is 0 Å². The molecule has 0 spiro atoms. The van der Waals surface area contributed by atoms with Gasteiger partial charge in [-0.25, -0.2) is 0 Å². The van der Waals surface area contributed by atoms with Crippen LogP contribution in [0.1, 0.15) is 0 Å². The molecule has 2 heterocycles. The summed E-state index contributed by atoms with van der Waals surface area (Å²) in [5.74, 6) is 0. The molecule has 11 aromatic carbocycles. The van der Waals surface area contributed by atoms with E-state index in [0.717, 1.165) is 27.4 Å². The number of aromatic nitrogens is 2. The van der Waals surface area contributed by atoms with Crippen LogP contribution in [0.25, 0.3) is 131 Å². The number of hydrogen-bond acceptors (Lipinski definition) is 2. The Bertz CT molecular complexity index is 3990. The minimum atomic E-state index is 0.972. The average Bonchev–Trinajstić information content (AvgIpc) is 3.37. The molecule has 0 aliphatic heterocycles. The number of nitrogens with zero attached hydrogens (tertiary/aromatic N) is 2. The van der Waals surface area contributed by atoms with Crippen molar-refractivity contribution in [3.8, 4) is 55.6 Å².